The van der Waals surface area contributed by atoms with Crippen LogP contribution in [0.1, 0.15) is 39.7 Å². The van der Waals surface area contributed by atoms with E-state index in [2.05, 4.69) is 5.32 Å². The zero-order chi connectivity index (χ0) is 19.6. The van der Waals surface area contributed by atoms with Gasteiger partial charge in [0.2, 0.25) is 0 Å². The maximum absolute atomic E-state index is 12.5. The first-order chi connectivity index (χ1) is 12.0. The predicted octanol–water partition coefficient (Wildman–Crippen LogP) is 3.47. The molecule has 142 valence electrons. The van der Waals surface area contributed by atoms with Crippen molar-refractivity contribution in [2.24, 2.45) is 11.8 Å². The van der Waals surface area contributed by atoms with E-state index < -0.39 is 28.3 Å². The third kappa shape index (κ3) is 4.50. The van der Waals surface area contributed by atoms with E-state index in [0.29, 0.717) is 24.2 Å². The van der Waals surface area contributed by atoms with Gasteiger partial charge in [-0.25, -0.2) is 4.79 Å². The van der Waals surface area contributed by atoms with Crippen molar-refractivity contribution >= 4 is 23.4 Å². The molecule has 1 fully saturated rings. The van der Waals surface area contributed by atoms with Crippen LogP contribution in [0.15, 0.2) is 18.2 Å². The van der Waals surface area contributed by atoms with E-state index in [1.54, 1.807) is 12.1 Å². The molecule has 8 nitrogen and oxygen atoms in total. The molecule has 2 atom stereocenters. The lowest BCUT2D eigenvalue weighted by Gasteiger charge is -2.34. The monoisotopic (exact) mass is 363 g/mol. The first-order valence-electron chi connectivity index (χ1n) is 8.56. The van der Waals surface area contributed by atoms with Crippen molar-refractivity contribution in [3.8, 4) is 0 Å². The fourth-order valence-electron chi connectivity index (χ4n) is 3.29. The first kappa shape index (κ1) is 19.7. The van der Waals surface area contributed by atoms with E-state index in [-0.39, 0.29) is 18.2 Å². The molecule has 1 saturated heterocycles. The molecule has 1 aliphatic heterocycles. The molecular weight excluding hydrogens is 338 g/mol. The molecule has 2 amide bonds. The lowest BCUT2D eigenvalue weighted by Crippen LogP contribution is -2.47. The van der Waals surface area contributed by atoms with Crippen LogP contribution in [0.3, 0.4) is 0 Å². The van der Waals surface area contributed by atoms with Crippen LogP contribution in [0.4, 0.5) is 16.2 Å². The van der Waals surface area contributed by atoms with Gasteiger partial charge in [-0.05, 0) is 29.9 Å². The Balaban J connectivity index is 2.20. The molecule has 0 radical (unpaired) electrons. The van der Waals surface area contributed by atoms with E-state index in [9.17, 15) is 24.8 Å². The number of carboxylic acid groups (broad SMARTS) is 1. The molecule has 1 heterocycles. The lowest BCUT2D eigenvalue weighted by atomic mass is 9.85. The highest BCUT2D eigenvalue weighted by atomic mass is 16.6. The van der Waals surface area contributed by atoms with Crippen molar-refractivity contribution in [1.29, 1.82) is 0 Å². The topological polar surface area (TPSA) is 113 Å². The van der Waals surface area contributed by atoms with Crippen LogP contribution in [-0.4, -0.2) is 40.0 Å². The van der Waals surface area contributed by atoms with Gasteiger partial charge >= 0.3 is 12.0 Å². The van der Waals surface area contributed by atoms with E-state index in [1.807, 2.05) is 27.7 Å². The van der Waals surface area contributed by atoms with Gasteiger partial charge in [0.25, 0.3) is 5.69 Å². The number of urea groups is 1. The summed E-state index contributed by atoms with van der Waals surface area (Å²) in [5.41, 5.74) is 0.450. The molecule has 0 aliphatic carbocycles. The summed E-state index contributed by atoms with van der Waals surface area (Å²) in [6.07, 6.45) is 0.533. The standard InChI is InChI=1S/C18H25N3O5/c1-11-7-12(16(22)23)10-20(9-11)17(24)19-13-5-6-14(18(2,3)4)15(8-13)21(25)26/h5-6,8,11-12H,7,9-10H2,1-4H3,(H,19,24)(H,22,23). The van der Waals surface area contributed by atoms with Crippen LogP contribution in [0.25, 0.3) is 0 Å². The number of likely N-dealkylation sites (tertiary alicyclic amines) is 1. The zero-order valence-corrected chi connectivity index (χ0v) is 15.5. The van der Waals surface area contributed by atoms with Gasteiger partial charge in [-0.3, -0.25) is 14.9 Å². The lowest BCUT2D eigenvalue weighted by molar-refractivity contribution is -0.385. The van der Waals surface area contributed by atoms with Crippen LogP contribution >= 0.6 is 0 Å². The fourth-order valence-corrected chi connectivity index (χ4v) is 3.29. The molecule has 0 bridgehead atoms. The average molecular weight is 363 g/mol. The minimum absolute atomic E-state index is 0.0503. The molecule has 0 saturated carbocycles. The summed E-state index contributed by atoms with van der Waals surface area (Å²) >= 11 is 0. The van der Waals surface area contributed by atoms with E-state index >= 15 is 0 Å². The summed E-state index contributed by atoms with van der Waals surface area (Å²) in [5, 5.41) is 23.3. The van der Waals surface area contributed by atoms with Gasteiger partial charge in [0, 0.05) is 30.4 Å². The molecule has 0 aromatic heterocycles. The van der Waals surface area contributed by atoms with Gasteiger partial charge in [-0.1, -0.05) is 27.7 Å². The number of nitro benzene ring substituents is 1. The normalized spacial score (nSPS) is 20.5. The number of aliphatic carboxylic acids is 1. The summed E-state index contributed by atoms with van der Waals surface area (Å²) in [6.45, 7) is 8.14. The predicted molar refractivity (Wildman–Crippen MR) is 97.3 cm³/mol. The van der Waals surface area contributed by atoms with E-state index in [0.717, 1.165) is 0 Å². The maximum Gasteiger partial charge on any atom is 0.321 e. The van der Waals surface area contributed by atoms with Crippen LogP contribution in [0, 0.1) is 22.0 Å². The van der Waals surface area contributed by atoms with E-state index in [1.165, 1.54) is 11.0 Å². The number of benzene rings is 1. The Morgan fingerprint density at radius 2 is 1.96 bits per heavy atom. The number of nitro groups is 1. The molecular formula is C18H25N3O5. The number of anilines is 1. The quantitative estimate of drug-likeness (QED) is 0.631. The Hall–Kier alpha value is -2.64. The number of rotatable bonds is 3. The van der Waals surface area contributed by atoms with Gasteiger partial charge in [0.05, 0.1) is 10.8 Å². The van der Waals surface area contributed by atoms with Crippen LogP contribution < -0.4 is 5.32 Å². The molecule has 2 unspecified atom stereocenters. The number of hydrogen-bond acceptors (Lipinski definition) is 4. The number of carbonyl (C=O) groups is 2. The SMILES string of the molecule is CC1CC(C(=O)O)CN(C(=O)Nc2ccc(C(C)(C)C)c([N+](=O)[O-])c2)C1. The number of nitrogens with one attached hydrogen (secondary N) is 1. The summed E-state index contributed by atoms with van der Waals surface area (Å²) in [5.74, 6) is -1.44. The van der Waals surface area contributed by atoms with Gasteiger partial charge < -0.3 is 15.3 Å². The minimum Gasteiger partial charge on any atom is -0.481 e. The average Bonchev–Trinajstić information content (AvgIpc) is 2.53. The second kappa shape index (κ2) is 7.31. The van der Waals surface area contributed by atoms with Gasteiger partial charge in [0.1, 0.15) is 0 Å². The minimum atomic E-state index is -0.917. The van der Waals surface area contributed by atoms with Crippen molar-refractivity contribution in [2.75, 3.05) is 18.4 Å². The summed E-state index contributed by atoms with van der Waals surface area (Å²) < 4.78 is 0. The molecule has 0 spiro atoms. The van der Waals surface area contributed by atoms with Crippen molar-refractivity contribution in [1.82, 2.24) is 4.90 Å². The number of nitrogens with zero attached hydrogens (tertiary/aromatic N) is 2. The third-order valence-electron chi connectivity index (χ3n) is 4.55. The Morgan fingerprint density at radius 3 is 2.50 bits per heavy atom. The van der Waals surface area contributed by atoms with E-state index in [4.69, 9.17) is 0 Å². The molecule has 1 aliphatic rings. The highest BCUT2D eigenvalue weighted by Crippen LogP contribution is 2.33. The Bertz CT molecular complexity index is 726. The first-order valence-corrected chi connectivity index (χ1v) is 8.56. The smallest absolute Gasteiger partial charge is 0.321 e. The molecule has 1 aromatic carbocycles. The van der Waals surface area contributed by atoms with Gasteiger partial charge in [-0.2, -0.15) is 0 Å². The highest BCUT2D eigenvalue weighted by Gasteiger charge is 2.32. The van der Waals surface area contributed by atoms with Crippen LogP contribution in [0.5, 0.6) is 0 Å². The number of carboxylic acids is 1. The maximum atomic E-state index is 12.5. The zero-order valence-electron chi connectivity index (χ0n) is 15.5. The largest absolute Gasteiger partial charge is 0.481 e. The van der Waals surface area contributed by atoms with Crippen molar-refractivity contribution < 1.29 is 19.6 Å². The number of piperidine rings is 1. The number of amides is 2. The fraction of sp³-hybridized carbons (Fsp3) is 0.556. The Labute approximate surface area is 152 Å². The molecule has 8 heteroatoms. The van der Waals surface area contributed by atoms with Crippen molar-refractivity contribution in [3.63, 3.8) is 0 Å². The summed E-state index contributed by atoms with van der Waals surface area (Å²) in [6, 6.07) is 4.18. The number of carbonyl (C=O) groups excluding carboxylic acids is 1. The molecule has 1 aromatic rings. The molecule has 2 rings (SSSR count). The molecule has 26 heavy (non-hydrogen) atoms. The Morgan fingerprint density at radius 1 is 1.31 bits per heavy atom. The second-order valence-electron chi connectivity index (χ2n) is 7.95. The van der Waals surface area contributed by atoms with Crippen molar-refractivity contribution in [2.45, 2.75) is 39.5 Å². The summed E-state index contributed by atoms with van der Waals surface area (Å²) in [4.78, 5) is 36.1. The van der Waals surface area contributed by atoms with Crippen LogP contribution in [-0.2, 0) is 10.2 Å². The summed E-state index contributed by atoms with van der Waals surface area (Å²) in [7, 11) is 0. The van der Waals surface area contributed by atoms with Gasteiger partial charge in [-0.15, -0.1) is 0 Å². The number of hydrogen-bond donors (Lipinski definition) is 2. The van der Waals surface area contributed by atoms with Crippen LogP contribution in [0.2, 0.25) is 0 Å². The highest BCUT2D eigenvalue weighted by molar-refractivity contribution is 5.90. The molecule has 2 N–H and O–H groups in total. The third-order valence-corrected chi connectivity index (χ3v) is 4.55. The Kier molecular flexibility index (Phi) is 5.53. The van der Waals surface area contributed by atoms with Crippen molar-refractivity contribution in [3.05, 3.63) is 33.9 Å². The van der Waals surface area contributed by atoms with Gasteiger partial charge in [0.15, 0.2) is 0 Å². The second-order valence-corrected chi connectivity index (χ2v) is 7.95.